The van der Waals surface area contributed by atoms with E-state index in [-0.39, 0.29) is 5.54 Å². The van der Waals surface area contributed by atoms with Gasteiger partial charge in [0.2, 0.25) is 0 Å². The van der Waals surface area contributed by atoms with Crippen molar-refractivity contribution in [3.63, 3.8) is 0 Å². The summed E-state index contributed by atoms with van der Waals surface area (Å²) in [7, 11) is 0. The van der Waals surface area contributed by atoms with Crippen molar-refractivity contribution in [1.82, 2.24) is 14.9 Å². The molecule has 1 aliphatic rings. The van der Waals surface area contributed by atoms with Gasteiger partial charge in [-0.1, -0.05) is 0 Å². The lowest BCUT2D eigenvalue weighted by molar-refractivity contribution is 0.157. The number of piperazine rings is 1. The Morgan fingerprint density at radius 2 is 1.79 bits per heavy atom. The summed E-state index contributed by atoms with van der Waals surface area (Å²) in [6, 6.07) is 4.39. The van der Waals surface area contributed by atoms with E-state index < -0.39 is 0 Å². The smallest absolute Gasteiger partial charge is 0.132 e. The average Bonchev–Trinajstić information content (AvgIpc) is 2.38. The molecule has 0 saturated carbocycles. The van der Waals surface area contributed by atoms with Crippen LogP contribution in [0.25, 0.3) is 0 Å². The zero-order valence-electron chi connectivity index (χ0n) is 12.1. The van der Waals surface area contributed by atoms with Crippen LogP contribution in [0.1, 0.15) is 25.4 Å². The van der Waals surface area contributed by atoms with E-state index in [0.29, 0.717) is 0 Å². The Bertz CT molecular complexity index is 475. The van der Waals surface area contributed by atoms with Gasteiger partial charge < -0.3 is 4.90 Å². The molecule has 0 radical (unpaired) electrons. The molecule has 2 rings (SSSR count). The van der Waals surface area contributed by atoms with Crippen molar-refractivity contribution in [1.29, 1.82) is 5.26 Å². The molecule has 0 amide bonds. The predicted molar refractivity (Wildman–Crippen MR) is 75.0 cm³/mol. The molecule has 0 spiro atoms. The van der Waals surface area contributed by atoms with E-state index in [4.69, 9.17) is 0 Å². The fourth-order valence-electron chi connectivity index (χ4n) is 2.42. The van der Waals surface area contributed by atoms with Gasteiger partial charge in [-0.05, 0) is 27.7 Å². The Hall–Kier alpha value is -1.67. The molecule has 0 unspecified atom stereocenters. The highest BCUT2D eigenvalue weighted by molar-refractivity contribution is 5.40. The zero-order chi connectivity index (χ0) is 14.0. The van der Waals surface area contributed by atoms with Gasteiger partial charge in [0, 0.05) is 37.9 Å². The summed E-state index contributed by atoms with van der Waals surface area (Å²) in [6.07, 6.45) is 0. The van der Waals surface area contributed by atoms with E-state index in [0.717, 1.165) is 43.5 Å². The Balaban J connectivity index is 2.06. The first-order chi connectivity index (χ1) is 8.92. The molecule has 19 heavy (non-hydrogen) atoms. The standard InChI is InChI=1S/C14H21N5/c1-11-9-13(17-12(2)16-11)18-5-7-19(8-6-18)14(3,4)10-15/h9H,5-8H2,1-4H3. The molecule has 1 aliphatic heterocycles. The highest BCUT2D eigenvalue weighted by atomic mass is 15.3. The van der Waals surface area contributed by atoms with Crippen LogP contribution in [-0.2, 0) is 0 Å². The lowest BCUT2D eigenvalue weighted by Crippen LogP contribution is -2.54. The predicted octanol–water partition coefficient (Wildman–Crippen LogP) is 1.52. The molecule has 1 aromatic rings. The van der Waals surface area contributed by atoms with E-state index in [1.807, 2.05) is 33.8 Å². The number of hydrogen-bond acceptors (Lipinski definition) is 5. The average molecular weight is 259 g/mol. The van der Waals surface area contributed by atoms with Crippen molar-refractivity contribution in [3.05, 3.63) is 17.6 Å². The second kappa shape index (κ2) is 5.14. The monoisotopic (exact) mass is 259 g/mol. The number of hydrogen-bond donors (Lipinski definition) is 0. The number of aromatic nitrogens is 2. The molecule has 0 aromatic carbocycles. The lowest BCUT2D eigenvalue weighted by atomic mass is 10.0. The molecule has 0 N–H and O–H groups in total. The van der Waals surface area contributed by atoms with Crippen molar-refractivity contribution >= 4 is 5.82 Å². The highest BCUT2D eigenvalue weighted by Crippen LogP contribution is 2.19. The minimum Gasteiger partial charge on any atom is -0.354 e. The maximum atomic E-state index is 9.18. The van der Waals surface area contributed by atoms with E-state index in [2.05, 4.69) is 25.8 Å². The number of nitrogens with zero attached hydrogens (tertiary/aromatic N) is 5. The van der Waals surface area contributed by atoms with E-state index in [1.54, 1.807) is 0 Å². The number of rotatable bonds is 2. The molecule has 102 valence electrons. The van der Waals surface area contributed by atoms with Crippen molar-refractivity contribution in [2.24, 2.45) is 0 Å². The Morgan fingerprint density at radius 3 is 2.32 bits per heavy atom. The Kier molecular flexibility index (Phi) is 3.72. The zero-order valence-corrected chi connectivity index (χ0v) is 12.1. The first-order valence-electron chi connectivity index (χ1n) is 6.66. The number of aryl methyl sites for hydroxylation is 2. The first kappa shape index (κ1) is 13.8. The summed E-state index contributed by atoms with van der Waals surface area (Å²) in [5, 5.41) is 9.18. The van der Waals surface area contributed by atoms with Gasteiger partial charge in [0.15, 0.2) is 0 Å². The molecular weight excluding hydrogens is 238 g/mol. The van der Waals surface area contributed by atoms with Gasteiger partial charge in [-0.3, -0.25) is 4.90 Å². The normalized spacial score (nSPS) is 17.3. The molecule has 5 heteroatoms. The molecule has 0 atom stereocenters. The maximum Gasteiger partial charge on any atom is 0.132 e. The van der Waals surface area contributed by atoms with Gasteiger partial charge in [-0.2, -0.15) is 5.26 Å². The largest absolute Gasteiger partial charge is 0.354 e. The first-order valence-corrected chi connectivity index (χ1v) is 6.66. The molecule has 2 heterocycles. The van der Waals surface area contributed by atoms with Crippen molar-refractivity contribution < 1.29 is 0 Å². The summed E-state index contributed by atoms with van der Waals surface area (Å²) in [5.74, 6) is 1.81. The van der Waals surface area contributed by atoms with E-state index in [1.165, 1.54) is 0 Å². The summed E-state index contributed by atoms with van der Waals surface area (Å²) in [6.45, 7) is 11.5. The van der Waals surface area contributed by atoms with E-state index in [9.17, 15) is 5.26 Å². The van der Waals surface area contributed by atoms with Gasteiger partial charge in [0.1, 0.15) is 17.2 Å². The van der Waals surface area contributed by atoms with Gasteiger partial charge in [0.25, 0.3) is 0 Å². The van der Waals surface area contributed by atoms with Crippen LogP contribution in [0, 0.1) is 25.2 Å². The quantitative estimate of drug-likeness (QED) is 0.806. The van der Waals surface area contributed by atoms with Gasteiger partial charge >= 0.3 is 0 Å². The van der Waals surface area contributed by atoms with Crippen LogP contribution in [0.2, 0.25) is 0 Å². The van der Waals surface area contributed by atoms with Gasteiger partial charge in [-0.25, -0.2) is 9.97 Å². The molecule has 1 aromatic heterocycles. The van der Waals surface area contributed by atoms with Crippen LogP contribution >= 0.6 is 0 Å². The molecule has 0 aliphatic carbocycles. The molecule has 5 nitrogen and oxygen atoms in total. The van der Waals surface area contributed by atoms with Gasteiger partial charge in [0.05, 0.1) is 6.07 Å². The Labute approximate surface area is 114 Å². The summed E-state index contributed by atoms with van der Waals surface area (Å²) in [4.78, 5) is 13.3. The second-order valence-corrected chi connectivity index (χ2v) is 5.56. The minimum absolute atomic E-state index is 0.385. The fraction of sp³-hybridized carbons (Fsp3) is 0.643. The van der Waals surface area contributed by atoms with Crippen LogP contribution in [0.15, 0.2) is 6.07 Å². The molecular formula is C14H21N5. The number of anilines is 1. The SMILES string of the molecule is Cc1cc(N2CCN(C(C)(C)C#N)CC2)nc(C)n1. The molecule has 0 bridgehead atoms. The maximum absolute atomic E-state index is 9.18. The van der Waals surface area contributed by atoms with Crippen molar-refractivity contribution in [2.45, 2.75) is 33.2 Å². The van der Waals surface area contributed by atoms with Gasteiger partial charge in [-0.15, -0.1) is 0 Å². The molecule has 1 fully saturated rings. The van der Waals surface area contributed by atoms with Crippen LogP contribution in [0.5, 0.6) is 0 Å². The van der Waals surface area contributed by atoms with Crippen molar-refractivity contribution in [3.8, 4) is 6.07 Å². The van der Waals surface area contributed by atoms with Crippen LogP contribution in [0.4, 0.5) is 5.82 Å². The Morgan fingerprint density at radius 1 is 1.16 bits per heavy atom. The summed E-state index contributed by atoms with van der Waals surface area (Å²) < 4.78 is 0. The topological polar surface area (TPSA) is 56.0 Å². The van der Waals surface area contributed by atoms with Crippen LogP contribution < -0.4 is 4.90 Å². The van der Waals surface area contributed by atoms with Crippen LogP contribution in [-0.4, -0.2) is 46.6 Å². The minimum atomic E-state index is -0.385. The van der Waals surface area contributed by atoms with Crippen LogP contribution in [0.3, 0.4) is 0 Å². The molecule has 1 saturated heterocycles. The van der Waals surface area contributed by atoms with E-state index >= 15 is 0 Å². The summed E-state index contributed by atoms with van der Waals surface area (Å²) >= 11 is 0. The second-order valence-electron chi connectivity index (χ2n) is 5.56. The number of nitriles is 1. The highest BCUT2D eigenvalue weighted by Gasteiger charge is 2.30. The van der Waals surface area contributed by atoms with Crippen molar-refractivity contribution in [2.75, 3.05) is 31.1 Å². The fourth-order valence-corrected chi connectivity index (χ4v) is 2.42. The third-order valence-electron chi connectivity index (χ3n) is 3.62. The third kappa shape index (κ3) is 3.02. The third-order valence-corrected chi connectivity index (χ3v) is 3.62. The lowest BCUT2D eigenvalue weighted by Gasteiger charge is -2.40. The summed E-state index contributed by atoms with van der Waals surface area (Å²) in [5.41, 5.74) is 0.617.